The van der Waals surface area contributed by atoms with E-state index < -0.39 is 0 Å². The summed E-state index contributed by atoms with van der Waals surface area (Å²) in [4.78, 5) is 2.56. The van der Waals surface area contributed by atoms with Crippen LogP contribution in [0.2, 0.25) is 0 Å². The van der Waals surface area contributed by atoms with E-state index in [0.717, 1.165) is 5.56 Å². The van der Waals surface area contributed by atoms with Crippen molar-refractivity contribution in [3.63, 3.8) is 0 Å². The number of hydrogen-bond acceptors (Lipinski definition) is 4. The average molecular weight is 276 g/mol. The maximum atomic E-state index is 9.82. The average Bonchev–Trinajstić information content (AvgIpc) is 2.38. The van der Waals surface area contributed by atoms with Gasteiger partial charge in [0.1, 0.15) is 11.5 Å². The van der Waals surface area contributed by atoms with Gasteiger partial charge in [-0.2, -0.15) is 0 Å². The molecule has 2 aliphatic rings. The Morgan fingerprint density at radius 2 is 1.90 bits per heavy atom. The molecule has 0 aliphatic carbocycles. The topological polar surface area (TPSA) is 55.7 Å². The summed E-state index contributed by atoms with van der Waals surface area (Å²) < 4.78 is 0. The molecule has 3 N–H and O–H groups in total. The molecule has 1 aromatic rings. The van der Waals surface area contributed by atoms with Crippen LogP contribution in [0.5, 0.6) is 11.5 Å². The highest BCUT2D eigenvalue weighted by Crippen LogP contribution is 2.33. The quantitative estimate of drug-likeness (QED) is 0.792. The number of phenolic OH excluding ortho intramolecular Hbond substituents is 2. The Kier molecular flexibility index (Phi) is 3.85. The smallest absolute Gasteiger partial charge is 0.123 e. The van der Waals surface area contributed by atoms with E-state index in [2.05, 4.69) is 17.3 Å². The Balaban J connectivity index is 1.59. The molecule has 0 radical (unpaired) electrons. The molecule has 2 bridgehead atoms. The van der Waals surface area contributed by atoms with Crippen LogP contribution in [0, 0.1) is 0 Å². The Labute approximate surface area is 120 Å². The minimum Gasteiger partial charge on any atom is -0.508 e. The summed E-state index contributed by atoms with van der Waals surface area (Å²) in [6.45, 7) is 0.667. The molecule has 4 nitrogen and oxygen atoms in total. The molecule has 0 amide bonds. The van der Waals surface area contributed by atoms with Crippen molar-refractivity contribution < 1.29 is 10.2 Å². The van der Waals surface area contributed by atoms with E-state index in [1.807, 2.05) is 0 Å². The van der Waals surface area contributed by atoms with Crippen molar-refractivity contribution in [2.45, 2.75) is 56.8 Å². The zero-order valence-electron chi connectivity index (χ0n) is 12.0. The minimum absolute atomic E-state index is 0.111. The normalized spacial score (nSPS) is 30.4. The molecule has 20 heavy (non-hydrogen) atoms. The van der Waals surface area contributed by atoms with E-state index in [9.17, 15) is 10.2 Å². The Hall–Kier alpha value is -1.26. The van der Waals surface area contributed by atoms with Gasteiger partial charge < -0.3 is 20.4 Å². The van der Waals surface area contributed by atoms with Gasteiger partial charge in [0, 0.05) is 36.3 Å². The first-order chi connectivity index (χ1) is 9.63. The Morgan fingerprint density at radius 3 is 2.55 bits per heavy atom. The lowest BCUT2D eigenvalue weighted by Gasteiger charge is -2.47. The van der Waals surface area contributed by atoms with Gasteiger partial charge in [0.25, 0.3) is 0 Å². The molecule has 0 saturated carbocycles. The molecule has 0 spiro atoms. The van der Waals surface area contributed by atoms with E-state index in [0.29, 0.717) is 24.7 Å². The van der Waals surface area contributed by atoms with E-state index in [-0.39, 0.29) is 11.5 Å². The van der Waals surface area contributed by atoms with Crippen LogP contribution in [-0.4, -0.2) is 40.3 Å². The highest BCUT2D eigenvalue weighted by Gasteiger charge is 2.35. The van der Waals surface area contributed by atoms with Gasteiger partial charge in [-0.15, -0.1) is 0 Å². The van der Waals surface area contributed by atoms with Gasteiger partial charge in [-0.3, -0.25) is 0 Å². The summed E-state index contributed by atoms with van der Waals surface area (Å²) in [6.07, 6.45) is 6.40. The van der Waals surface area contributed by atoms with Crippen molar-refractivity contribution in [1.29, 1.82) is 0 Å². The van der Waals surface area contributed by atoms with E-state index in [1.165, 1.54) is 38.2 Å². The molecule has 0 aromatic heterocycles. The molecule has 110 valence electrons. The molecule has 2 aliphatic heterocycles. The van der Waals surface area contributed by atoms with Crippen LogP contribution in [0.4, 0.5) is 0 Å². The lowest BCUT2D eigenvalue weighted by molar-refractivity contribution is 0.0482. The van der Waals surface area contributed by atoms with Crippen LogP contribution in [0.1, 0.15) is 37.7 Å². The van der Waals surface area contributed by atoms with Gasteiger partial charge in [-0.25, -0.2) is 0 Å². The Bertz CT molecular complexity index is 464. The van der Waals surface area contributed by atoms with Crippen molar-refractivity contribution in [1.82, 2.24) is 10.2 Å². The standard InChI is InChI=1S/C16H24N2O2/c1-18-13-3-2-4-14(18)8-12(7-13)17-10-11-5-6-15(19)9-16(11)20/h5-6,9,12-14,17,19-20H,2-4,7-8,10H2,1H3. The van der Waals surface area contributed by atoms with Crippen LogP contribution in [0.25, 0.3) is 0 Å². The van der Waals surface area contributed by atoms with E-state index in [1.54, 1.807) is 12.1 Å². The van der Waals surface area contributed by atoms with E-state index >= 15 is 0 Å². The van der Waals surface area contributed by atoms with Gasteiger partial charge in [-0.1, -0.05) is 12.5 Å². The highest BCUT2D eigenvalue weighted by molar-refractivity contribution is 5.38. The number of piperidine rings is 2. The number of nitrogens with one attached hydrogen (secondary N) is 1. The molecule has 2 saturated heterocycles. The SMILES string of the molecule is CN1C2CCCC1CC(NCc1ccc(O)cc1O)C2. The predicted octanol–water partition coefficient (Wildman–Crippen LogP) is 2.20. The molecule has 2 heterocycles. The first-order valence-electron chi connectivity index (χ1n) is 7.59. The third kappa shape index (κ3) is 2.76. The summed E-state index contributed by atoms with van der Waals surface area (Å²) in [5.41, 5.74) is 0.854. The predicted molar refractivity (Wildman–Crippen MR) is 78.8 cm³/mol. The van der Waals surface area contributed by atoms with E-state index in [4.69, 9.17) is 0 Å². The van der Waals surface area contributed by atoms with Crippen LogP contribution in [0.15, 0.2) is 18.2 Å². The second-order valence-electron chi connectivity index (χ2n) is 6.27. The summed E-state index contributed by atoms with van der Waals surface area (Å²) in [5.74, 6) is 0.283. The molecule has 3 rings (SSSR count). The summed E-state index contributed by atoms with van der Waals surface area (Å²) in [5, 5.41) is 22.7. The van der Waals surface area contributed by atoms with Crippen LogP contribution in [-0.2, 0) is 6.54 Å². The molecular weight excluding hydrogens is 252 g/mol. The van der Waals surface area contributed by atoms with Crippen molar-refractivity contribution >= 4 is 0 Å². The number of nitrogens with zero attached hydrogens (tertiary/aromatic N) is 1. The zero-order chi connectivity index (χ0) is 14.1. The number of fused-ring (bicyclic) bond motifs is 2. The van der Waals surface area contributed by atoms with Crippen molar-refractivity contribution in [3.05, 3.63) is 23.8 Å². The van der Waals surface area contributed by atoms with Gasteiger partial charge >= 0.3 is 0 Å². The second-order valence-corrected chi connectivity index (χ2v) is 6.27. The first-order valence-corrected chi connectivity index (χ1v) is 7.59. The van der Waals surface area contributed by atoms with Gasteiger partial charge in [0.05, 0.1) is 0 Å². The largest absolute Gasteiger partial charge is 0.508 e. The maximum Gasteiger partial charge on any atom is 0.123 e. The maximum absolute atomic E-state index is 9.82. The first kappa shape index (κ1) is 13.7. The summed E-state index contributed by atoms with van der Waals surface area (Å²) in [7, 11) is 2.26. The number of hydrogen-bond donors (Lipinski definition) is 3. The van der Waals surface area contributed by atoms with Crippen LogP contribution in [0.3, 0.4) is 0 Å². The molecule has 2 unspecified atom stereocenters. The fourth-order valence-electron chi connectivity index (χ4n) is 3.74. The summed E-state index contributed by atoms with van der Waals surface area (Å²) >= 11 is 0. The number of rotatable bonds is 3. The monoisotopic (exact) mass is 276 g/mol. The molecule has 1 aromatic carbocycles. The lowest BCUT2D eigenvalue weighted by atomic mass is 9.82. The summed E-state index contributed by atoms with van der Waals surface area (Å²) in [6, 6.07) is 6.78. The van der Waals surface area contributed by atoms with Crippen LogP contribution >= 0.6 is 0 Å². The lowest BCUT2D eigenvalue weighted by Crippen LogP contribution is -2.54. The third-order valence-corrected chi connectivity index (χ3v) is 4.99. The Morgan fingerprint density at radius 1 is 1.20 bits per heavy atom. The van der Waals surface area contributed by atoms with Crippen LogP contribution < -0.4 is 5.32 Å². The van der Waals surface area contributed by atoms with Gasteiger partial charge in [0.2, 0.25) is 0 Å². The molecule has 2 atom stereocenters. The molecular formula is C16H24N2O2. The zero-order valence-corrected chi connectivity index (χ0v) is 12.0. The highest BCUT2D eigenvalue weighted by atomic mass is 16.3. The van der Waals surface area contributed by atoms with Gasteiger partial charge in [-0.05, 0) is 38.8 Å². The van der Waals surface area contributed by atoms with Crippen molar-refractivity contribution in [2.24, 2.45) is 0 Å². The second kappa shape index (κ2) is 5.62. The fraction of sp³-hybridized carbons (Fsp3) is 0.625. The third-order valence-electron chi connectivity index (χ3n) is 4.99. The number of aromatic hydroxyl groups is 2. The van der Waals surface area contributed by atoms with Gasteiger partial charge in [0.15, 0.2) is 0 Å². The molecule has 4 heteroatoms. The minimum atomic E-state index is 0.111. The van der Waals surface area contributed by atoms with Crippen molar-refractivity contribution in [3.8, 4) is 11.5 Å². The molecule has 2 fully saturated rings. The number of benzene rings is 1. The fourth-order valence-corrected chi connectivity index (χ4v) is 3.74. The number of phenols is 2. The van der Waals surface area contributed by atoms with Crippen molar-refractivity contribution in [2.75, 3.05) is 7.05 Å².